The number of benzene rings is 1. The zero-order chi connectivity index (χ0) is 27.3. The number of pyridine rings is 1. The number of anilines is 1. The minimum atomic E-state index is -0.454. The molecule has 1 aromatic carbocycles. The van der Waals surface area contributed by atoms with Crippen LogP contribution in [0, 0.1) is 23.1 Å². The Morgan fingerprint density at radius 2 is 2.03 bits per heavy atom. The highest BCUT2D eigenvalue weighted by Crippen LogP contribution is 2.48. The number of aromatic nitrogens is 3. The molecule has 1 unspecified atom stereocenters. The first-order valence-corrected chi connectivity index (χ1v) is 14.0. The van der Waals surface area contributed by atoms with E-state index in [1.807, 2.05) is 30.1 Å². The summed E-state index contributed by atoms with van der Waals surface area (Å²) in [5, 5.41) is 9.82. The van der Waals surface area contributed by atoms with Gasteiger partial charge in [-0.05, 0) is 76.1 Å². The van der Waals surface area contributed by atoms with E-state index in [9.17, 15) is 0 Å². The van der Waals surface area contributed by atoms with Gasteiger partial charge in [-0.2, -0.15) is 0 Å². The number of hydrogen-bond acceptors (Lipinski definition) is 6. The van der Waals surface area contributed by atoms with E-state index in [2.05, 4.69) is 50.6 Å². The number of nitrogens with one attached hydrogen (secondary N) is 1. The second kappa shape index (κ2) is 10.0. The van der Waals surface area contributed by atoms with Gasteiger partial charge in [0.05, 0.1) is 10.9 Å². The molecule has 3 fully saturated rings. The summed E-state index contributed by atoms with van der Waals surface area (Å²) in [5.41, 5.74) is 2.08. The van der Waals surface area contributed by atoms with Crippen molar-refractivity contribution in [3.05, 3.63) is 47.1 Å². The fourth-order valence-electron chi connectivity index (χ4n) is 5.94. The molecule has 7 nitrogen and oxygen atoms in total. The Hall–Kier alpha value is -3.28. The molecule has 4 heterocycles. The van der Waals surface area contributed by atoms with Gasteiger partial charge in [0.15, 0.2) is 11.7 Å². The third-order valence-electron chi connectivity index (χ3n) is 8.71. The standard InChI is InChI=1S/C30H33ClFN7/c1-30(12-5-14-37(30)2)13-10-24(33)39-15-11-20(17-39)38(3)29-22-16-34-27(26(32)28(22)35-18-36-29)21-6-4-7-23(31)25(21)19-8-9-19/h4,6-7,16,18-20,33H,5,8-9,11-12,14-15,17H2,1-3H3/t20-,30?/m1/s1. The molecule has 2 aromatic heterocycles. The summed E-state index contributed by atoms with van der Waals surface area (Å²) >= 11 is 6.51. The molecule has 0 bridgehead atoms. The van der Waals surface area contributed by atoms with Crippen LogP contribution in [0.5, 0.6) is 0 Å². The highest BCUT2D eigenvalue weighted by molar-refractivity contribution is 6.32. The van der Waals surface area contributed by atoms with Gasteiger partial charge in [-0.25, -0.2) is 14.4 Å². The Balaban J connectivity index is 1.24. The van der Waals surface area contributed by atoms with E-state index >= 15 is 4.39 Å². The molecule has 202 valence electrons. The van der Waals surface area contributed by atoms with Crippen LogP contribution < -0.4 is 4.90 Å². The number of amidine groups is 1. The van der Waals surface area contributed by atoms with Gasteiger partial charge in [0, 0.05) is 43.0 Å². The third kappa shape index (κ3) is 4.72. The van der Waals surface area contributed by atoms with Gasteiger partial charge in [-0.1, -0.05) is 29.7 Å². The monoisotopic (exact) mass is 545 g/mol. The van der Waals surface area contributed by atoms with E-state index < -0.39 is 5.82 Å². The first-order chi connectivity index (χ1) is 18.8. The van der Waals surface area contributed by atoms with Crippen molar-refractivity contribution in [1.29, 1.82) is 5.41 Å². The second-order valence-electron chi connectivity index (χ2n) is 11.3. The first-order valence-electron chi connectivity index (χ1n) is 13.7. The Morgan fingerprint density at radius 3 is 2.77 bits per heavy atom. The minimum absolute atomic E-state index is 0.104. The summed E-state index contributed by atoms with van der Waals surface area (Å²) in [7, 11) is 4.06. The number of rotatable bonds is 4. The third-order valence-corrected chi connectivity index (χ3v) is 9.04. The van der Waals surface area contributed by atoms with Crippen LogP contribution in [0.4, 0.5) is 10.2 Å². The topological polar surface area (TPSA) is 72.2 Å². The van der Waals surface area contributed by atoms with Crippen LogP contribution in [-0.4, -0.2) is 75.9 Å². The predicted octanol–water partition coefficient (Wildman–Crippen LogP) is 5.34. The summed E-state index contributed by atoms with van der Waals surface area (Å²) in [6.45, 7) is 4.59. The quantitative estimate of drug-likeness (QED) is 0.271. The zero-order valence-electron chi connectivity index (χ0n) is 22.6. The first kappa shape index (κ1) is 26.0. The van der Waals surface area contributed by atoms with E-state index in [1.165, 1.54) is 6.33 Å². The van der Waals surface area contributed by atoms with Crippen molar-refractivity contribution in [2.24, 2.45) is 0 Å². The molecule has 1 saturated carbocycles. The highest BCUT2D eigenvalue weighted by Gasteiger charge is 2.34. The van der Waals surface area contributed by atoms with Crippen LogP contribution in [0.2, 0.25) is 5.02 Å². The summed E-state index contributed by atoms with van der Waals surface area (Å²) in [4.78, 5) is 19.8. The second-order valence-corrected chi connectivity index (χ2v) is 11.7. The largest absolute Gasteiger partial charge is 0.354 e. The fraction of sp³-hybridized carbons (Fsp3) is 0.467. The van der Waals surface area contributed by atoms with Gasteiger partial charge in [-0.15, -0.1) is 0 Å². The smallest absolute Gasteiger partial charge is 0.175 e. The lowest BCUT2D eigenvalue weighted by Crippen LogP contribution is -2.38. The van der Waals surface area contributed by atoms with Crippen molar-refractivity contribution in [3.63, 3.8) is 0 Å². The van der Waals surface area contributed by atoms with Crippen molar-refractivity contribution in [2.75, 3.05) is 38.6 Å². The molecule has 0 radical (unpaired) electrons. The van der Waals surface area contributed by atoms with Gasteiger partial charge < -0.3 is 9.80 Å². The van der Waals surface area contributed by atoms with E-state index in [0.29, 0.717) is 34.5 Å². The number of hydrogen-bond donors (Lipinski definition) is 1. The number of fused-ring (bicyclic) bond motifs is 1. The zero-order valence-corrected chi connectivity index (χ0v) is 23.4. The van der Waals surface area contributed by atoms with E-state index in [-0.39, 0.29) is 22.8 Å². The van der Waals surface area contributed by atoms with Gasteiger partial charge in [0.25, 0.3) is 0 Å². The van der Waals surface area contributed by atoms with Crippen LogP contribution in [0.3, 0.4) is 0 Å². The summed E-state index contributed by atoms with van der Waals surface area (Å²) in [5.74, 6) is 7.35. The molecule has 2 saturated heterocycles. The molecule has 0 amide bonds. The Morgan fingerprint density at radius 1 is 1.21 bits per heavy atom. The molecule has 0 spiro atoms. The van der Waals surface area contributed by atoms with E-state index in [4.69, 9.17) is 17.0 Å². The summed E-state index contributed by atoms with van der Waals surface area (Å²) < 4.78 is 15.9. The van der Waals surface area contributed by atoms with Crippen molar-refractivity contribution in [3.8, 4) is 23.1 Å². The maximum absolute atomic E-state index is 15.9. The average molecular weight is 546 g/mol. The predicted molar refractivity (Wildman–Crippen MR) is 154 cm³/mol. The number of nitrogens with zero attached hydrogens (tertiary/aromatic N) is 6. The average Bonchev–Trinajstić information content (AvgIpc) is 3.54. The van der Waals surface area contributed by atoms with Crippen LogP contribution in [-0.2, 0) is 0 Å². The van der Waals surface area contributed by atoms with Crippen molar-refractivity contribution >= 4 is 34.2 Å². The normalized spacial score (nSPS) is 23.2. The lowest BCUT2D eigenvalue weighted by Gasteiger charge is -2.27. The van der Waals surface area contributed by atoms with Crippen molar-refractivity contribution in [2.45, 2.75) is 56.5 Å². The van der Waals surface area contributed by atoms with Crippen LogP contribution in [0.15, 0.2) is 30.7 Å². The van der Waals surface area contributed by atoms with Crippen molar-refractivity contribution < 1.29 is 4.39 Å². The Bertz CT molecular complexity index is 1510. The maximum atomic E-state index is 15.9. The maximum Gasteiger partial charge on any atom is 0.175 e. The lowest BCUT2D eigenvalue weighted by molar-refractivity contribution is 0.262. The summed E-state index contributed by atoms with van der Waals surface area (Å²) in [6, 6.07) is 5.69. The van der Waals surface area contributed by atoms with Crippen molar-refractivity contribution in [1.82, 2.24) is 24.8 Å². The molecular formula is C30H33ClFN7. The minimum Gasteiger partial charge on any atom is -0.354 e. The number of likely N-dealkylation sites (tertiary alicyclic amines) is 2. The highest BCUT2D eigenvalue weighted by atomic mass is 35.5. The molecule has 1 N–H and O–H groups in total. The van der Waals surface area contributed by atoms with Gasteiger partial charge in [0.1, 0.15) is 23.4 Å². The number of halogens is 2. The fourth-order valence-corrected chi connectivity index (χ4v) is 6.27. The molecular weight excluding hydrogens is 513 g/mol. The molecule has 39 heavy (non-hydrogen) atoms. The van der Waals surface area contributed by atoms with Gasteiger partial charge in [0.2, 0.25) is 0 Å². The molecule has 2 aliphatic heterocycles. The van der Waals surface area contributed by atoms with E-state index in [0.717, 1.165) is 56.3 Å². The van der Waals surface area contributed by atoms with Crippen LogP contribution in [0.1, 0.15) is 50.5 Å². The molecule has 3 aliphatic rings. The van der Waals surface area contributed by atoms with Crippen LogP contribution >= 0.6 is 11.6 Å². The number of likely N-dealkylation sites (N-methyl/N-ethyl adjacent to an activating group) is 1. The summed E-state index contributed by atoms with van der Waals surface area (Å²) in [6.07, 6.45) is 8.22. The Labute approximate surface area is 233 Å². The van der Waals surface area contributed by atoms with Gasteiger partial charge in [-0.3, -0.25) is 15.3 Å². The van der Waals surface area contributed by atoms with E-state index in [1.54, 1.807) is 6.20 Å². The van der Waals surface area contributed by atoms with Crippen LogP contribution in [0.25, 0.3) is 22.2 Å². The molecule has 6 rings (SSSR count). The molecule has 9 heteroatoms. The lowest BCUT2D eigenvalue weighted by atomic mass is 9.99. The molecule has 1 aliphatic carbocycles. The molecule has 3 aromatic rings. The molecule has 2 atom stereocenters. The SMILES string of the molecule is CN(c1ncnc2c(F)c(-c3cccc(Cl)c3C3CC3)ncc12)[C@@H]1CCN(C(=N)C#CC2(C)CCCN2C)C1. The Kier molecular flexibility index (Phi) is 6.68. The van der Waals surface area contributed by atoms with Gasteiger partial charge >= 0.3 is 0 Å².